The molecule has 0 spiro atoms. The molecule has 0 aliphatic carbocycles. The van der Waals surface area contributed by atoms with Gasteiger partial charge in [-0.2, -0.15) is 5.10 Å². The smallest absolute Gasteiger partial charge is 0.292 e. The van der Waals surface area contributed by atoms with Gasteiger partial charge in [0.15, 0.2) is 0 Å². The number of rotatable bonds is 3. The van der Waals surface area contributed by atoms with Crippen LogP contribution in [0.4, 0.5) is 0 Å². The van der Waals surface area contributed by atoms with Crippen molar-refractivity contribution < 1.29 is 9.32 Å². The summed E-state index contributed by atoms with van der Waals surface area (Å²) in [5, 5.41) is 8.07. The summed E-state index contributed by atoms with van der Waals surface area (Å²) in [6, 6.07) is 1.86. The fourth-order valence-corrected chi connectivity index (χ4v) is 2.68. The second kappa shape index (κ2) is 5.11. The highest BCUT2D eigenvalue weighted by Gasteiger charge is 2.31. The summed E-state index contributed by atoms with van der Waals surface area (Å²) in [6.07, 6.45) is 5.85. The quantitative estimate of drug-likeness (QED) is 0.856. The van der Waals surface area contributed by atoms with Crippen LogP contribution in [0.1, 0.15) is 34.7 Å². The van der Waals surface area contributed by atoms with Crippen LogP contribution in [0.3, 0.4) is 0 Å². The van der Waals surface area contributed by atoms with Crippen molar-refractivity contribution in [2.45, 2.75) is 39.3 Å². The molecule has 1 aliphatic rings. The lowest BCUT2D eigenvalue weighted by atomic mass is 10.2. The first-order valence-electron chi connectivity index (χ1n) is 6.87. The number of carbonyl (C=O) groups excluding carboxylic acids is 1. The molecule has 0 saturated carbocycles. The fraction of sp³-hybridized carbons (Fsp3) is 0.500. The Balaban J connectivity index is 1.73. The Bertz CT molecular complexity index is 616. The standard InChI is InChI=1S/C14H18N4O2/c1-10-7-15-17(8-10)9-12-4-3-5-18(12)14(19)13-6-11(2)16-20-13/h6-8,12H,3-5,9H2,1-2H3/t12-/m1/s1. The zero-order valence-electron chi connectivity index (χ0n) is 11.7. The average Bonchev–Trinajstić information content (AvgIpc) is 3.11. The molecule has 0 radical (unpaired) electrons. The van der Waals surface area contributed by atoms with Crippen LogP contribution in [0.15, 0.2) is 23.0 Å². The molecule has 2 aromatic rings. The van der Waals surface area contributed by atoms with E-state index >= 15 is 0 Å². The highest BCUT2D eigenvalue weighted by molar-refractivity contribution is 5.91. The predicted molar refractivity (Wildman–Crippen MR) is 72.3 cm³/mol. The van der Waals surface area contributed by atoms with Crippen molar-refractivity contribution in [1.82, 2.24) is 19.8 Å². The molecule has 0 unspecified atom stereocenters. The second-order valence-electron chi connectivity index (χ2n) is 5.37. The predicted octanol–water partition coefficient (Wildman–Crippen LogP) is 1.79. The molecule has 1 amide bonds. The van der Waals surface area contributed by atoms with Gasteiger partial charge in [-0.1, -0.05) is 5.16 Å². The number of amides is 1. The van der Waals surface area contributed by atoms with Crippen molar-refractivity contribution in [1.29, 1.82) is 0 Å². The van der Waals surface area contributed by atoms with Crippen LogP contribution in [0, 0.1) is 13.8 Å². The first-order chi connectivity index (χ1) is 9.63. The molecule has 0 aromatic carbocycles. The summed E-state index contributed by atoms with van der Waals surface area (Å²) in [7, 11) is 0. The third-order valence-electron chi connectivity index (χ3n) is 3.64. The van der Waals surface area contributed by atoms with E-state index in [1.165, 1.54) is 0 Å². The number of hydrogen-bond donors (Lipinski definition) is 0. The molecule has 20 heavy (non-hydrogen) atoms. The second-order valence-corrected chi connectivity index (χ2v) is 5.37. The van der Waals surface area contributed by atoms with Crippen molar-refractivity contribution in [3.8, 4) is 0 Å². The van der Waals surface area contributed by atoms with Crippen LogP contribution in [0.5, 0.6) is 0 Å². The maximum Gasteiger partial charge on any atom is 0.292 e. The van der Waals surface area contributed by atoms with Gasteiger partial charge in [0.2, 0.25) is 5.76 Å². The normalized spacial score (nSPS) is 18.7. The number of aryl methyl sites for hydroxylation is 2. The highest BCUT2D eigenvalue weighted by atomic mass is 16.5. The number of hydrogen-bond acceptors (Lipinski definition) is 4. The van der Waals surface area contributed by atoms with Crippen LogP contribution in [-0.2, 0) is 6.54 Å². The van der Waals surface area contributed by atoms with Gasteiger partial charge in [0.25, 0.3) is 5.91 Å². The Morgan fingerprint density at radius 3 is 3.00 bits per heavy atom. The number of nitrogens with zero attached hydrogens (tertiary/aromatic N) is 4. The highest BCUT2D eigenvalue weighted by Crippen LogP contribution is 2.21. The molecule has 1 fully saturated rings. The van der Waals surface area contributed by atoms with Crippen molar-refractivity contribution in [3.63, 3.8) is 0 Å². The van der Waals surface area contributed by atoms with E-state index in [1.807, 2.05) is 35.8 Å². The van der Waals surface area contributed by atoms with E-state index in [9.17, 15) is 4.79 Å². The largest absolute Gasteiger partial charge is 0.351 e. The van der Waals surface area contributed by atoms with E-state index in [0.29, 0.717) is 5.76 Å². The minimum Gasteiger partial charge on any atom is -0.351 e. The maximum atomic E-state index is 12.4. The van der Waals surface area contributed by atoms with Crippen LogP contribution in [0.2, 0.25) is 0 Å². The molecular weight excluding hydrogens is 256 g/mol. The topological polar surface area (TPSA) is 64.2 Å². The monoisotopic (exact) mass is 274 g/mol. The van der Waals surface area contributed by atoms with Gasteiger partial charge in [0, 0.05) is 18.8 Å². The van der Waals surface area contributed by atoms with Crippen molar-refractivity contribution >= 4 is 5.91 Å². The summed E-state index contributed by atoms with van der Waals surface area (Å²) in [5.41, 5.74) is 1.86. The van der Waals surface area contributed by atoms with Gasteiger partial charge in [-0.25, -0.2) is 0 Å². The molecule has 0 N–H and O–H groups in total. The van der Waals surface area contributed by atoms with Crippen LogP contribution in [-0.4, -0.2) is 38.3 Å². The third kappa shape index (κ3) is 2.45. The zero-order chi connectivity index (χ0) is 14.1. The van der Waals surface area contributed by atoms with Crippen LogP contribution in [0.25, 0.3) is 0 Å². The average molecular weight is 274 g/mol. The Kier molecular flexibility index (Phi) is 3.30. The summed E-state index contributed by atoms with van der Waals surface area (Å²) in [5.74, 6) is 0.253. The summed E-state index contributed by atoms with van der Waals surface area (Å²) in [6.45, 7) is 5.32. The molecular formula is C14H18N4O2. The molecule has 1 saturated heterocycles. The fourth-order valence-electron chi connectivity index (χ4n) is 2.68. The molecule has 3 heterocycles. The molecule has 1 aliphatic heterocycles. The van der Waals surface area contributed by atoms with Crippen molar-refractivity contribution in [2.24, 2.45) is 0 Å². The number of aromatic nitrogens is 3. The van der Waals surface area contributed by atoms with Gasteiger partial charge >= 0.3 is 0 Å². The summed E-state index contributed by atoms with van der Waals surface area (Å²) in [4.78, 5) is 14.3. The molecule has 6 nitrogen and oxygen atoms in total. The SMILES string of the molecule is Cc1cnn(C[C@H]2CCCN2C(=O)c2cc(C)no2)c1. The number of likely N-dealkylation sites (tertiary alicyclic amines) is 1. The Morgan fingerprint density at radius 2 is 2.35 bits per heavy atom. The summed E-state index contributed by atoms with van der Waals surface area (Å²) >= 11 is 0. The van der Waals surface area contributed by atoms with E-state index in [0.717, 1.165) is 37.2 Å². The van der Waals surface area contributed by atoms with E-state index in [1.54, 1.807) is 6.07 Å². The molecule has 106 valence electrons. The lowest BCUT2D eigenvalue weighted by molar-refractivity contribution is 0.0679. The van der Waals surface area contributed by atoms with E-state index < -0.39 is 0 Å². The lowest BCUT2D eigenvalue weighted by Gasteiger charge is -2.23. The van der Waals surface area contributed by atoms with Crippen LogP contribution < -0.4 is 0 Å². The minimum absolute atomic E-state index is 0.0722. The maximum absolute atomic E-state index is 12.4. The van der Waals surface area contributed by atoms with Gasteiger partial charge in [-0.3, -0.25) is 9.48 Å². The van der Waals surface area contributed by atoms with Gasteiger partial charge in [0.05, 0.1) is 24.5 Å². The van der Waals surface area contributed by atoms with Crippen LogP contribution >= 0.6 is 0 Å². The van der Waals surface area contributed by atoms with Gasteiger partial charge < -0.3 is 9.42 Å². The van der Waals surface area contributed by atoms with Gasteiger partial charge in [0.1, 0.15) is 0 Å². The first-order valence-corrected chi connectivity index (χ1v) is 6.87. The van der Waals surface area contributed by atoms with Gasteiger partial charge in [-0.15, -0.1) is 0 Å². The van der Waals surface area contributed by atoms with Crippen molar-refractivity contribution in [3.05, 3.63) is 35.5 Å². The molecule has 1 atom stereocenters. The third-order valence-corrected chi connectivity index (χ3v) is 3.64. The Hall–Kier alpha value is -2.11. The van der Waals surface area contributed by atoms with E-state index in [4.69, 9.17) is 4.52 Å². The van der Waals surface area contributed by atoms with Gasteiger partial charge in [-0.05, 0) is 32.3 Å². The molecule has 3 rings (SSSR count). The molecule has 2 aromatic heterocycles. The summed E-state index contributed by atoms with van der Waals surface area (Å²) < 4.78 is 6.98. The first kappa shape index (κ1) is 12.9. The lowest BCUT2D eigenvalue weighted by Crippen LogP contribution is -2.38. The van der Waals surface area contributed by atoms with Crippen molar-refractivity contribution in [2.75, 3.05) is 6.54 Å². The molecule has 0 bridgehead atoms. The zero-order valence-corrected chi connectivity index (χ0v) is 11.7. The Morgan fingerprint density at radius 1 is 1.50 bits per heavy atom. The molecule has 6 heteroatoms. The van der Waals surface area contributed by atoms with E-state index in [-0.39, 0.29) is 11.9 Å². The van der Waals surface area contributed by atoms with E-state index in [2.05, 4.69) is 10.3 Å². The Labute approximate surface area is 117 Å². The number of carbonyl (C=O) groups is 1. The minimum atomic E-state index is -0.0722.